The molecule has 0 aliphatic carbocycles. The Morgan fingerprint density at radius 1 is 1.05 bits per heavy atom. The van der Waals surface area contributed by atoms with Gasteiger partial charge in [-0.1, -0.05) is 51.1 Å². The summed E-state index contributed by atoms with van der Waals surface area (Å²) < 4.78 is 6.73. The fourth-order valence-electron chi connectivity index (χ4n) is 5.28. The van der Waals surface area contributed by atoms with Gasteiger partial charge in [0.1, 0.15) is 5.75 Å². The van der Waals surface area contributed by atoms with Crippen molar-refractivity contribution in [3.63, 3.8) is 0 Å². The van der Waals surface area contributed by atoms with Crippen LogP contribution in [0.2, 0.25) is 18.1 Å². The summed E-state index contributed by atoms with van der Waals surface area (Å²) >= 11 is 0. The van der Waals surface area contributed by atoms with Gasteiger partial charge in [0.05, 0.1) is 6.04 Å². The van der Waals surface area contributed by atoms with Crippen LogP contribution < -0.4 is 4.43 Å². The molecule has 0 aromatic heterocycles. The average Bonchev–Trinajstić information content (AvgIpc) is 2.87. The molecule has 214 valence electrons. The number of piperazine rings is 1. The molecule has 1 saturated heterocycles. The van der Waals surface area contributed by atoms with E-state index < -0.39 is 8.32 Å². The second-order valence-corrected chi connectivity index (χ2v) is 17.3. The quantitative estimate of drug-likeness (QED) is 0.231. The maximum absolute atomic E-state index is 13.0. The molecule has 2 aromatic rings. The Morgan fingerprint density at radius 3 is 2.26 bits per heavy atom. The lowest BCUT2D eigenvalue weighted by atomic mass is 9.92. The summed E-state index contributed by atoms with van der Waals surface area (Å²) in [6, 6.07) is 17.8. The smallest absolute Gasteiger partial charge is 0.253 e. The summed E-state index contributed by atoms with van der Waals surface area (Å²) in [6.07, 6.45) is 2.00. The first-order valence-corrected chi connectivity index (χ1v) is 17.5. The van der Waals surface area contributed by atoms with Crippen LogP contribution in [0.25, 0.3) is 0 Å². The predicted molar refractivity (Wildman–Crippen MR) is 167 cm³/mol. The van der Waals surface area contributed by atoms with Crippen molar-refractivity contribution in [2.45, 2.75) is 84.7 Å². The van der Waals surface area contributed by atoms with Crippen molar-refractivity contribution < 1.29 is 9.22 Å². The Bertz CT molecular complexity index is 1100. The lowest BCUT2D eigenvalue weighted by molar-refractivity contribution is 0.0306. The van der Waals surface area contributed by atoms with Crippen molar-refractivity contribution >= 4 is 14.2 Å². The summed E-state index contributed by atoms with van der Waals surface area (Å²) in [4.78, 5) is 20.0. The third-order valence-corrected chi connectivity index (χ3v) is 13.1. The van der Waals surface area contributed by atoms with Crippen molar-refractivity contribution in [2.24, 2.45) is 0 Å². The van der Waals surface area contributed by atoms with Gasteiger partial charge in [0, 0.05) is 50.4 Å². The first-order valence-electron chi connectivity index (χ1n) is 14.6. The number of hydrogen-bond acceptors (Lipinski definition) is 4. The van der Waals surface area contributed by atoms with Crippen LogP contribution in [0, 0.1) is 0 Å². The van der Waals surface area contributed by atoms with Crippen LogP contribution in [-0.4, -0.2) is 73.7 Å². The van der Waals surface area contributed by atoms with E-state index in [0.717, 1.165) is 30.9 Å². The van der Waals surface area contributed by atoms with E-state index in [0.29, 0.717) is 25.2 Å². The third-order valence-electron chi connectivity index (χ3n) is 8.74. The molecule has 1 aliphatic heterocycles. The minimum Gasteiger partial charge on any atom is -0.543 e. The fraction of sp³-hybridized carbons (Fsp3) is 0.545. The molecule has 0 bridgehead atoms. The zero-order chi connectivity index (χ0) is 29.0. The molecule has 3 rings (SSSR count). The van der Waals surface area contributed by atoms with Gasteiger partial charge in [-0.05, 0) is 81.2 Å². The fourth-order valence-corrected chi connectivity index (χ4v) is 6.30. The van der Waals surface area contributed by atoms with Gasteiger partial charge in [0.25, 0.3) is 5.91 Å². The van der Waals surface area contributed by atoms with Gasteiger partial charge in [-0.25, -0.2) is 0 Å². The molecule has 3 atom stereocenters. The first-order chi connectivity index (χ1) is 18.3. The van der Waals surface area contributed by atoms with E-state index in [9.17, 15) is 4.79 Å². The molecule has 1 fully saturated rings. The Kier molecular flexibility index (Phi) is 10.2. The van der Waals surface area contributed by atoms with Crippen molar-refractivity contribution in [3.8, 4) is 5.75 Å². The number of amides is 1. The Morgan fingerprint density at radius 2 is 1.69 bits per heavy atom. The lowest BCUT2D eigenvalue weighted by Gasteiger charge is -2.47. The van der Waals surface area contributed by atoms with E-state index in [1.165, 1.54) is 11.1 Å². The number of nitrogens with zero attached hydrogens (tertiary/aromatic N) is 3. The van der Waals surface area contributed by atoms with Gasteiger partial charge in [0.15, 0.2) is 0 Å². The van der Waals surface area contributed by atoms with Gasteiger partial charge in [-0.2, -0.15) is 0 Å². The maximum atomic E-state index is 13.0. The Hall–Kier alpha value is -2.41. The summed E-state index contributed by atoms with van der Waals surface area (Å²) in [5.41, 5.74) is 3.17. The number of hydrogen-bond donors (Lipinski definition) is 0. The molecule has 39 heavy (non-hydrogen) atoms. The highest BCUT2D eigenvalue weighted by atomic mass is 28.4. The molecule has 6 heteroatoms. The van der Waals surface area contributed by atoms with E-state index >= 15 is 0 Å². The monoisotopic (exact) mass is 549 g/mol. The van der Waals surface area contributed by atoms with E-state index in [1.807, 2.05) is 37.0 Å². The van der Waals surface area contributed by atoms with Crippen LogP contribution in [-0.2, 0) is 0 Å². The van der Waals surface area contributed by atoms with Crippen LogP contribution in [0.1, 0.15) is 76.0 Å². The molecular formula is C33H51N3O2Si. The average molecular weight is 550 g/mol. The van der Waals surface area contributed by atoms with Gasteiger partial charge in [0.2, 0.25) is 8.32 Å². The molecule has 1 amide bonds. The minimum absolute atomic E-state index is 0.0638. The molecule has 0 unspecified atom stereocenters. The summed E-state index contributed by atoms with van der Waals surface area (Å²) in [5.74, 6) is 1.04. The zero-order valence-corrected chi connectivity index (χ0v) is 26.8. The molecule has 1 aliphatic rings. The van der Waals surface area contributed by atoms with E-state index in [1.54, 1.807) is 0 Å². The Labute approximate surface area is 239 Å². The SMILES string of the molecule is C=CCN1C[C@H](C)N([C@@H](c2ccc(C(=O)N(CC)CC)cc2)c2cccc(O[Si](C)(C)C(C)(C)C)c2)C[C@@H]1C. The Balaban J connectivity index is 2.03. The topological polar surface area (TPSA) is 36.0 Å². The van der Waals surface area contributed by atoms with Crippen LogP contribution >= 0.6 is 0 Å². The van der Waals surface area contributed by atoms with Crippen LogP contribution in [0.15, 0.2) is 61.2 Å². The third kappa shape index (κ3) is 7.22. The number of carbonyl (C=O) groups is 1. The molecular weight excluding hydrogens is 498 g/mol. The highest BCUT2D eigenvalue weighted by Gasteiger charge is 2.39. The minimum atomic E-state index is -1.98. The molecule has 0 radical (unpaired) electrons. The van der Waals surface area contributed by atoms with E-state index in [2.05, 4.69) is 100 Å². The first kappa shape index (κ1) is 31.1. The van der Waals surface area contributed by atoms with Crippen LogP contribution in [0.3, 0.4) is 0 Å². The highest BCUT2D eigenvalue weighted by molar-refractivity contribution is 6.74. The number of benzene rings is 2. The van der Waals surface area contributed by atoms with Crippen molar-refractivity contribution in [3.05, 3.63) is 77.9 Å². The standard InChI is InChI=1S/C33H51N3O2Si/c1-11-21-35-23-26(5)36(24-25(35)4)31(27-17-19-28(20-18-27)32(37)34(12-2)13-3)29-15-14-16-30(22-29)38-39(9,10)33(6,7)8/h11,14-20,22,25-26,31H,1,12-13,21,23-24H2,2-10H3/t25-,26-,31-/m0/s1. The van der Waals surface area contributed by atoms with Crippen LogP contribution in [0.5, 0.6) is 5.75 Å². The second-order valence-electron chi connectivity index (χ2n) is 12.6. The van der Waals surface area contributed by atoms with Gasteiger partial charge >= 0.3 is 0 Å². The molecule has 2 aromatic carbocycles. The van der Waals surface area contributed by atoms with Crippen molar-refractivity contribution in [1.82, 2.24) is 14.7 Å². The molecule has 0 N–H and O–H groups in total. The van der Waals surface area contributed by atoms with Crippen molar-refractivity contribution in [1.29, 1.82) is 0 Å². The number of rotatable bonds is 10. The zero-order valence-electron chi connectivity index (χ0n) is 25.8. The largest absolute Gasteiger partial charge is 0.543 e. The second kappa shape index (κ2) is 12.8. The van der Waals surface area contributed by atoms with Gasteiger partial charge in [-0.3, -0.25) is 14.6 Å². The van der Waals surface area contributed by atoms with E-state index in [-0.39, 0.29) is 17.0 Å². The lowest BCUT2D eigenvalue weighted by Crippen LogP contribution is -2.57. The molecule has 0 spiro atoms. The number of carbonyl (C=O) groups excluding carboxylic acids is 1. The molecule has 1 heterocycles. The van der Waals surface area contributed by atoms with Crippen LogP contribution in [0.4, 0.5) is 0 Å². The van der Waals surface area contributed by atoms with Gasteiger partial charge < -0.3 is 9.33 Å². The summed E-state index contributed by atoms with van der Waals surface area (Å²) in [6.45, 7) is 28.3. The summed E-state index contributed by atoms with van der Waals surface area (Å²) in [7, 11) is -1.98. The predicted octanol–water partition coefficient (Wildman–Crippen LogP) is 7.22. The summed E-state index contributed by atoms with van der Waals surface area (Å²) in [5, 5.41) is 0.126. The molecule has 5 nitrogen and oxygen atoms in total. The maximum Gasteiger partial charge on any atom is 0.253 e. The normalized spacial score (nSPS) is 19.9. The van der Waals surface area contributed by atoms with Crippen molar-refractivity contribution in [2.75, 3.05) is 32.7 Å². The highest BCUT2D eigenvalue weighted by Crippen LogP contribution is 2.39. The van der Waals surface area contributed by atoms with Gasteiger partial charge in [-0.15, -0.1) is 6.58 Å². The molecule has 0 saturated carbocycles. The van der Waals surface area contributed by atoms with E-state index in [4.69, 9.17) is 4.43 Å².